The lowest BCUT2D eigenvalue weighted by molar-refractivity contribution is 0.371. The van der Waals surface area contributed by atoms with Gasteiger partial charge >= 0.3 is 0 Å². The molecule has 1 aromatic carbocycles. The second kappa shape index (κ2) is 6.35. The highest BCUT2D eigenvalue weighted by molar-refractivity contribution is 5.33. The van der Waals surface area contributed by atoms with Gasteiger partial charge in [0.2, 0.25) is 0 Å². The molecule has 0 heterocycles. The first-order valence-electron chi connectivity index (χ1n) is 5.82. The highest BCUT2D eigenvalue weighted by atomic mass is 14.8. The van der Waals surface area contributed by atoms with Crippen molar-refractivity contribution in [3.8, 4) is 11.8 Å². The van der Waals surface area contributed by atoms with Gasteiger partial charge in [-0.25, -0.2) is 0 Å². The molecule has 0 saturated heterocycles. The van der Waals surface area contributed by atoms with Gasteiger partial charge in [-0.2, -0.15) is 0 Å². The van der Waals surface area contributed by atoms with E-state index in [0.717, 1.165) is 18.7 Å². The Kier molecular flexibility index (Phi) is 5.08. The van der Waals surface area contributed by atoms with Gasteiger partial charge < -0.3 is 5.32 Å². The normalized spacial score (nSPS) is 10.7. The highest BCUT2D eigenvalue weighted by Gasteiger charge is 2.07. The smallest absolute Gasteiger partial charge is 0.0580 e. The van der Waals surface area contributed by atoms with Crippen LogP contribution in [0.4, 0.5) is 0 Å². The van der Waals surface area contributed by atoms with E-state index in [1.165, 1.54) is 6.42 Å². The van der Waals surface area contributed by atoms with Crippen LogP contribution in [0.2, 0.25) is 0 Å². The number of nitrogens with one attached hydrogen (secondary N) is 1. The third-order valence-corrected chi connectivity index (χ3v) is 2.27. The fourth-order valence-corrected chi connectivity index (χ4v) is 1.28. The van der Waals surface area contributed by atoms with Crippen molar-refractivity contribution in [2.45, 2.75) is 27.2 Å². The van der Waals surface area contributed by atoms with Gasteiger partial charge in [-0.3, -0.25) is 0 Å². The molecule has 0 aromatic heterocycles. The molecular weight excluding hydrogens is 194 g/mol. The van der Waals surface area contributed by atoms with E-state index in [0.29, 0.717) is 5.41 Å². The number of benzene rings is 1. The Morgan fingerprint density at radius 3 is 2.44 bits per heavy atom. The molecule has 0 aliphatic heterocycles. The van der Waals surface area contributed by atoms with Crippen LogP contribution >= 0.6 is 0 Å². The first kappa shape index (κ1) is 12.8. The Morgan fingerprint density at radius 1 is 1.12 bits per heavy atom. The number of rotatable bonds is 3. The summed E-state index contributed by atoms with van der Waals surface area (Å²) >= 11 is 0. The number of hydrogen-bond donors (Lipinski definition) is 1. The molecule has 1 aromatic rings. The van der Waals surface area contributed by atoms with Crippen LogP contribution in [-0.2, 0) is 0 Å². The first-order chi connectivity index (χ1) is 7.58. The Labute approximate surface area is 99.3 Å². The predicted molar refractivity (Wildman–Crippen MR) is 70.3 cm³/mol. The van der Waals surface area contributed by atoms with Crippen molar-refractivity contribution in [2.75, 3.05) is 13.1 Å². The average molecular weight is 215 g/mol. The second-order valence-corrected chi connectivity index (χ2v) is 5.16. The van der Waals surface area contributed by atoms with E-state index in [-0.39, 0.29) is 0 Å². The van der Waals surface area contributed by atoms with Gasteiger partial charge in [0.1, 0.15) is 0 Å². The molecule has 0 bridgehead atoms. The van der Waals surface area contributed by atoms with Gasteiger partial charge in [0.05, 0.1) is 6.54 Å². The molecule has 0 aliphatic rings. The quantitative estimate of drug-likeness (QED) is 0.603. The monoisotopic (exact) mass is 215 g/mol. The van der Waals surface area contributed by atoms with Crippen molar-refractivity contribution >= 4 is 0 Å². The zero-order valence-electron chi connectivity index (χ0n) is 10.5. The van der Waals surface area contributed by atoms with Crippen LogP contribution in [0.15, 0.2) is 30.3 Å². The van der Waals surface area contributed by atoms with E-state index in [4.69, 9.17) is 0 Å². The maximum Gasteiger partial charge on any atom is 0.0580 e. The molecule has 0 aliphatic carbocycles. The standard InChI is InChI=1S/C15H21N/c1-15(2,3)11-13-16-12-7-10-14-8-5-4-6-9-14/h4-6,8-9,16H,11-13H2,1-3H3. The summed E-state index contributed by atoms with van der Waals surface area (Å²) in [6, 6.07) is 10.1. The minimum Gasteiger partial charge on any atom is -0.306 e. The molecule has 0 unspecified atom stereocenters. The molecule has 0 amide bonds. The molecule has 0 atom stereocenters. The van der Waals surface area contributed by atoms with Crippen LogP contribution in [0.25, 0.3) is 0 Å². The van der Waals surface area contributed by atoms with Gasteiger partial charge in [0, 0.05) is 5.56 Å². The third-order valence-electron chi connectivity index (χ3n) is 2.27. The molecule has 1 heteroatoms. The summed E-state index contributed by atoms with van der Waals surface area (Å²) in [4.78, 5) is 0. The van der Waals surface area contributed by atoms with E-state index in [1.807, 2.05) is 30.3 Å². The molecular formula is C15H21N. The summed E-state index contributed by atoms with van der Waals surface area (Å²) < 4.78 is 0. The summed E-state index contributed by atoms with van der Waals surface area (Å²) in [5.41, 5.74) is 1.49. The third kappa shape index (κ3) is 6.27. The fourth-order valence-electron chi connectivity index (χ4n) is 1.28. The second-order valence-electron chi connectivity index (χ2n) is 5.16. The van der Waals surface area contributed by atoms with Crippen molar-refractivity contribution in [2.24, 2.45) is 5.41 Å². The van der Waals surface area contributed by atoms with Gasteiger partial charge in [0.15, 0.2) is 0 Å². The van der Waals surface area contributed by atoms with Crippen molar-refractivity contribution in [1.29, 1.82) is 0 Å². The average Bonchev–Trinajstić information content (AvgIpc) is 2.23. The summed E-state index contributed by atoms with van der Waals surface area (Å²) in [6.07, 6.45) is 1.18. The predicted octanol–water partition coefficient (Wildman–Crippen LogP) is 3.06. The zero-order valence-corrected chi connectivity index (χ0v) is 10.5. The van der Waals surface area contributed by atoms with Crippen LogP contribution in [0.1, 0.15) is 32.8 Å². The van der Waals surface area contributed by atoms with E-state index in [2.05, 4.69) is 37.9 Å². The molecule has 1 N–H and O–H groups in total. The Morgan fingerprint density at radius 2 is 1.81 bits per heavy atom. The minimum atomic E-state index is 0.403. The van der Waals surface area contributed by atoms with Crippen LogP contribution in [-0.4, -0.2) is 13.1 Å². The largest absolute Gasteiger partial charge is 0.306 e. The van der Waals surface area contributed by atoms with Crippen LogP contribution in [0.3, 0.4) is 0 Å². The van der Waals surface area contributed by atoms with Gasteiger partial charge in [0.25, 0.3) is 0 Å². The summed E-state index contributed by atoms with van der Waals surface area (Å²) in [6.45, 7) is 8.57. The van der Waals surface area contributed by atoms with Crippen molar-refractivity contribution in [3.63, 3.8) is 0 Å². The van der Waals surface area contributed by atoms with Crippen LogP contribution < -0.4 is 5.32 Å². The summed E-state index contributed by atoms with van der Waals surface area (Å²) in [7, 11) is 0. The van der Waals surface area contributed by atoms with Gasteiger partial charge in [-0.05, 0) is 30.5 Å². The Balaban J connectivity index is 2.19. The SMILES string of the molecule is CC(C)(C)CCNCC#Cc1ccccc1. The lowest BCUT2D eigenvalue weighted by Crippen LogP contribution is -2.20. The molecule has 1 nitrogen and oxygen atoms in total. The van der Waals surface area contributed by atoms with E-state index in [1.54, 1.807) is 0 Å². The lowest BCUT2D eigenvalue weighted by Gasteiger charge is -2.17. The molecule has 0 spiro atoms. The van der Waals surface area contributed by atoms with Crippen LogP contribution in [0.5, 0.6) is 0 Å². The maximum absolute atomic E-state index is 3.34. The molecule has 16 heavy (non-hydrogen) atoms. The molecule has 1 rings (SSSR count). The number of hydrogen-bond acceptors (Lipinski definition) is 1. The zero-order chi connectivity index (χ0) is 11.9. The Hall–Kier alpha value is -1.26. The first-order valence-corrected chi connectivity index (χ1v) is 5.82. The van der Waals surface area contributed by atoms with Crippen molar-refractivity contribution in [1.82, 2.24) is 5.32 Å². The van der Waals surface area contributed by atoms with Crippen molar-refractivity contribution in [3.05, 3.63) is 35.9 Å². The fraction of sp³-hybridized carbons (Fsp3) is 0.467. The van der Waals surface area contributed by atoms with E-state index in [9.17, 15) is 0 Å². The summed E-state index contributed by atoms with van der Waals surface area (Å²) in [5.74, 6) is 6.26. The summed E-state index contributed by atoms with van der Waals surface area (Å²) in [5, 5.41) is 3.34. The maximum atomic E-state index is 3.34. The van der Waals surface area contributed by atoms with Gasteiger partial charge in [-0.15, -0.1) is 0 Å². The highest BCUT2D eigenvalue weighted by Crippen LogP contribution is 2.16. The molecule has 0 saturated carbocycles. The van der Waals surface area contributed by atoms with Gasteiger partial charge in [-0.1, -0.05) is 50.8 Å². The molecule has 0 radical (unpaired) electrons. The lowest BCUT2D eigenvalue weighted by atomic mass is 9.92. The molecule has 0 fully saturated rings. The van der Waals surface area contributed by atoms with Crippen molar-refractivity contribution < 1.29 is 0 Å². The van der Waals surface area contributed by atoms with E-state index < -0.39 is 0 Å². The topological polar surface area (TPSA) is 12.0 Å². The Bertz CT molecular complexity index is 349. The van der Waals surface area contributed by atoms with E-state index >= 15 is 0 Å². The molecule has 86 valence electrons. The minimum absolute atomic E-state index is 0.403. The van der Waals surface area contributed by atoms with Crippen LogP contribution in [0, 0.1) is 17.3 Å².